The Labute approximate surface area is 171 Å². The Morgan fingerprint density at radius 1 is 1.07 bits per heavy atom. The van der Waals surface area contributed by atoms with Crippen molar-refractivity contribution in [3.8, 4) is 22.6 Å². The highest BCUT2D eigenvalue weighted by atomic mass is 19.2. The molecule has 0 aliphatic carbocycles. The summed E-state index contributed by atoms with van der Waals surface area (Å²) in [6.07, 6.45) is 5.70. The van der Waals surface area contributed by atoms with Crippen LogP contribution in [0, 0.1) is 17.6 Å². The topological polar surface area (TPSA) is 27.7 Å². The normalized spacial score (nSPS) is 19.0. The van der Waals surface area contributed by atoms with Gasteiger partial charge in [-0.25, -0.2) is 4.39 Å². The van der Waals surface area contributed by atoms with Gasteiger partial charge in [-0.05, 0) is 49.1 Å². The maximum Gasteiger partial charge on any atom is 0.201 e. The van der Waals surface area contributed by atoms with Crippen molar-refractivity contribution in [2.24, 2.45) is 5.92 Å². The van der Waals surface area contributed by atoms with E-state index >= 15 is 0 Å². The molecule has 5 heteroatoms. The van der Waals surface area contributed by atoms with Crippen LogP contribution in [-0.2, 0) is 4.74 Å². The average Bonchev–Trinajstić information content (AvgIpc) is 2.76. The molecule has 3 rings (SSSR count). The number of hydrogen-bond donors (Lipinski definition) is 0. The van der Waals surface area contributed by atoms with E-state index in [-0.39, 0.29) is 17.4 Å². The minimum Gasteiger partial charge on any atom is -0.493 e. The minimum absolute atomic E-state index is 0.0481. The molecule has 0 amide bonds. The summed E-state index contributed by atoms with van der Waals surface area (Å²) in [6, 6.07) is 10.0. The fourth-order valence-corrected chi connectivity index (χ4v) is 3.28. The van der Waals surface area contributed by atoms with Crippen molar-refractivity contribution in [2.45, 2.75) is 38.7 Å². The molecule has 29 heavy (non-hydrogen) atoms. The summed E-state index contributed by atoms with van der Waals surface area (Å²) < 4.78 is 45.6. The first-order valence-corrected chi connectivity index (χ1v) is 10.2. The summed E-state index contributed by atoms with van der Waals surface area (Å²) in [5.41, 5.74) is 0.789. The molecule has 1 heterocycles. The molecule has 2 atom stereocenters. The van der Waals surface area contributed by atoms with Gasteiger partial charge in [-0.3, -0.25) is 0 Å². The van der Waals surface area contributed by atoms with Gasteiger partial charge in [-0.1, -0.05) is 31.6 Å². The first-order valence-electron chi connectivity index (χ1n) is 10.2. The van der Waals surface area contributed by atoms with Crippen molar-refractivity contribution in [3.63, 3.8) is 0 Å². The molecule has 2 unspecified atom stereocenters. The third kappa shape index (κ3) is 5.57. The maximum atomic E-state index is 14.5. The highest BCUT2D eigenvalue weighted by Crippen LogP contribution is 2.31. The molecule has 0 saturated carbocycles. The van der Waals surface area contributed by atoms with Crippen molar-refractivity contribution in [1.29, 1.82) is 0 Å². The fourth-order valence-electron chi connectivity index (χ4n) is 3.28. The van der Waals surface area contributed by atoms with E-state index < -0.39 is 11.6 Å². The Morgan fingerprint density at radius 3 is 2.52 bits per heavy atom. The van der Waals surface area contributed by atoms with Crippen LogP contribution < -0.4 is 9.47 Å². The first-order chi connectivity index (χ1) is 14.1. The Morgan fingerprint density at radius 2 is 1.86 bits per heavy atom. The van der Waals surface area contributed by atoms with Gasteiger partial charge < -0.3 is 14.2 Å². The predicted molar refractivity (Wildman–Crippen MR) is 110 cm³/mol. The molecule has 1 fully saturated rings. The molecular formula is C24H28F2O3. The molecule has 1 aliphatic heterocycles. The van der Waals surface area contributed by atoms with Crippen LogP contribution in [0.25, 0.3) is 11.1 Å². The number of hydrogen-bond acceptors (Lipinski definition) is 3. The minimum atomic E-state index is -0.950. The Balaban J connectivity index is 1.59. The predicted octanol–water partition coefficient (Wildman–Crippen LogP) is 6.17. The molecule has 0 N–H and O–H groups in total. The van der Waals surface area contributed by atoms with Crippen molar-refractivity contribution in [2.75, 3.05) is 19.8 Å². The zero-order valence-electron chi connectivity index (χ0n) is 16.8. The lowest BCUT2D eigenvalue weighted by Crippen LogP contribution is -2.28. The second-order valence-electron chi connectivity index (χ2n) is 7.33. The van der Waals surface area contributed by atoms with Crippen LogP contribution >= 0.6 is 0 Å². The van der Waals surface area contributed by atoms with E-state index in [1.54, 1.807) is 30.3 Å². The van der Waals surface area contributed by atoms with Crippen LogP contribution in [0.4, 0.5) is 8.78 Å². The van der Waals surface area contributed by atoms with Crippen molar-refractivity contribution in [3.05, 3.63) is 60.7 Å². The smallest absolute Gasteiger partial charge is 0.201 e. The van der Waals surface area contributed by atoms with Crippen LogP contribution in [0.15, 0.2) is 49.1 Å². The summed E-state index contributed by atoms with van der Waals surface area (Å²) >= 11 is 0. The lowest BCUT2D eigenvalue weighted by molar-refractivity contribution is -0.00283. The molecule has 0 aromatic heterocycles. The molecule has 0 spiro atoms. The standard InChI is InChI=1S/C24H28F2O3/c1-3-5-14-27-22-13-12-21(23(25)24(22)26)18-7-10-20(11-8-18)29-16-17-6-9-19(4-2)28-15-17/h4,7-8,10-13,17,19H,2-3,5-6,9,14-16H2,1H3. The van der Waals surface area contributed by atoms with Crippen molar-refractivity contribution < 1.29 is 23.0 Å². The van der Waals surface area contributed by atoms with E-state index in [2.05, 4.69) is 6.58 Å². The van der Waals surface area contributed by atoms with E-state index in [9.17, 15) is 8.78 Å². The Bertz CT molecular complexity index is 797. The van der Waals surface area contributed by atoms with Crippen molar-refractivity contribution in [1.82, 2.24) is 0 Å². The van der Waals surface area contributed by atoms with E-state index in [1.165, 1.54) is 6.07 Å². The van der Waals surface area contributed by atoms with Crippen molar-refractivity contribution >= 4 is 0 Å². The van der Waals surface area contributed by atoms with Crippen LogP contribution in [0.2, 0.25) is 0 Å². The molecular weight excluding hydrogens is 374 g/mol. The largest absolute Gasteiger partial charge is 0.493 e. The number of unbranched alkanes of at least 4 members (excludes halogenated alkanes) is 1. The molecule has 1 aliphatic rings. The quantitative estimate of drug-likeness (QED) is 0.371. The molecule has 0 bridgehead atoms. The van der Waals surface area contributed by atoms with E-state index in [4.69, 9.17) is 14.2 Å². The summed E-state index contributed by atoms with van der Waals surface area (Å²) in [7, 11) is 0. The molecule has 2 aromatic rings. The summed E-state index contributed by atoms with van der Waals surface area (Å²) in [4.78, 5) is 0. The lowest BCUT2D eigenvalue weighted by atomic mass is 9.99. The number of rotatable bonds is 9. The molecule has 2 aromatic carbocycles. The van der Waals surface area contributed by atoms with E-state index in [0.29, 0.717) is 37.1 Å². The van der Waals surface area contributed by atoms with E-state index in [1.807, 2.05) is 13.0 Å². The van der Waals surface area contributed by atoms with Gasteiger partial charge in [0.1, 0.15) is 5.75 Å². The number of halogens is 2. The summed E-state index contributed by atoms with van der Waals surface area (Å²) in [5, 5.41) is 0. The second kappa shape index (κ2) is 10.4. The summed E-state index contributed by atoms with van der Waals surface area (Å²) in [6.45, 7) is 7.37. The molecule has 156 valence electrons. The number of ether oxygens (including phenoxy) is 3. The monoisotopic (exact) mass is 402 g/mol. The van der Waals surface area contributed by atoms with Gasteiger partial charge in [-0.2, -0.15) is 4.39 Å². The second-order valence-corrected chi connectivity index (χ2v) is 7.33. The molecule has 3 nitrogen and oxygen atoms in total. The van der Waals surface area contributed by atoms with Gasteiger partial charge >= 0.3 is 0 Å². The van der Waals surface area contributed by atoms with Gasteiger partial charge in [0.05, 0.1) is 25.9 Å². The van der Waals surface area contributed by atoms with Gasteiger partial charge in [0.25, 0.3) is 0 Å². The van der Waals surface area contributed by atoms with Crippen LogP contribution in [0.5, 0.6) is 11.5 Å². The Hall–Kier alpha value is -2.40. The van der Waals surface area contributed by atoms with Crippen LogP contribution in [-0.4, -0.2) is 25.9 Å². The lowest BCUT2D eigenvalue weighted by Gasteiger charge is -2.27. The third-order valence-electron chi connectivity index (χ3n) is 5.12. The van der Waals surface area contributed by atoms with Gasteiger partial charge in [0, 0.05) is 11.5 Å². The number of benzene rings is 2. The van der Waals surface area contributed by atoms with Gasteiger partial charge in [0.2, 0.25) is 5.82 Å². The highest BCUT2D eigenvalue weighted by Gasteiger charge is 2.20. The van der Waals surface area contributed by atoms with Crippen LogP contribution in [0.3, 0.4) is 0 Å². The summed E-state index contributed by atoms with van der Waals surface area (Å²) in [5.74, 6) is -0.858. The van der Waals surface area contributed by atoms with Gasteiger partial charge in [0.15, 0.2) is 11.6 Å². The highest BCUT2D eigenvalue weighted by molar-refractivity contribution is 5.66. The zero-order valence-corrected chi connectivity index (χ0v) is 16.8. The van der Waals surface area contributed by atoms with Crippen LogP contribution in [0.1, 0.15) is 32.6 Å². The average molecular weight is 402 g/mol. The molecule has 1 saturated heterocycles. The fraction of sp³-hybridized carbons (Fsp3) is 0.417. The SMILES string of the molecule is C=CC1CCC(COc2ccc(-c3ccc(OCCCC)c(F)c3F)cc2)CO1. The van der Waals surface area contributed by atoms with E-state index in [0.717, 1.165) is 25.7 Å². The van der Waals surface area contributed by atoms with Gasteiger partial charge in [-0.15, -0.1) is 6.58 Å². The molecule has 0 radical (unpaired) electrons. The Kier molecular flexibility index (Phi) is 7.64. The maximum absolute atomic E-state index is 14.5. The first kappa shape index (κ1) is 21.3. The zero-order chi connectivity index (χ0) is 20.6. The third-order valence-corrected chi connectivity index (χ3v) is 5.12.